The zero-order valence-corrected chi connectivity index (χ0v) is 17.7. The molecule has 0 saturated heterocycles. The summed E-state index contributed by atoms with van der Waals surface area (Å²) in [5.74, 6) is 1.40. The van der Waals surface area contributed by atoms with Gasteiger partial charge in [-0.1, -0.05) is 42.5 Å². The number of hydrogen-bond donors (Lipinski definition) is 1. The molecule has 4 rings (SSSR count). The number of rotatable bonds is 6. The third kappa shape index (κ3) is 4.50. The number of hydrogen-bond acceptors (Lipinski definition) is 5. The van der Waals surface area contributed by atoms with E-state index in [1.807, 2.05) is 59.1 Å². The molecule has 0 amide bonds. The first-order valence-electron chi connectivity index (χ1n) is 10.0. The fourth-order valence-electron chi connectivity index (χ4n) is 3.33. The van der Waals surface area contributed by atoms with Crippen molar-refractivity contribution in [3.8, 4) is 17.0 Å². The van der Waals surface area contributed by atoms with Gasteiger partial charge in [0.1, 0.15) is 18.1 Å². The minimum Gasteiger partial charge on any atom is -0.485 e. The molecule has 2 aromatic heterocycles. The summed E-state index contributed by atoms with van der Waals surface area (Å²) < 4.78 is 8.01. The van der Waals surface area contributed by atoms with Gasteiger partial charge in [0.05, 0.1) is 4.92 Å². The molecule has 0 aliphatic rings. The molecular formula is C24H24N4O3. The van der Waals surface area contributed by atoms with Gasteiger partial charge < -0.3 is 10.1 Å². The van der Waals surface area contributed by atoms with E-state index in [4.69, 9.17) is 9.72 Å². The molecule has 0 aliphatic carbocycles. The van der Waals surface area contributed by atoms with Gasteiger partial charge in [-0.2, -0.15) is 0 Å². The van der Waals surface area contributed by atoms with E-state index in [1.165, 1.54) is 6.07 Å². The summed E-state index contributed by atoms with van der Waals surface area (Å²) in [6.45, 7) is 6.58. The molecular weight excluding hydrogens is 392 g/mol. The number of non-ortho nitro benzene ring substituents is 1. The zero-order valence-electron chi connectivity index (χ0n) is 17.7. The molecule has 0 radical (unpaired) electrons. The van der Waals surface area contributed by atoms with Gasteiger partial charge in [0.25, 0.3) is 5.69 Å². The zero-order chi connectivity index (χ0) is 22.0. The van der Waals surface area contributed by atoms with Crippen LogP contribution in [-0.4, -0.2) is 19.8 Å². The van der Waals surface area contributed by atoms with Crippen LogP contribution in [0.2, 0.25) is 0 Å². The molecule has 1 N–H and O–H groups in total. The lowest BCUT2D eigenvalue weighted by molar-refractivity contribution is -0.384. The van der Waals surface area contributed by atoms with E-state index in [1.54, 1.807) is 12.1 Å². The van der Waals surface area contributed by atoms with Crippen LogP contribution in [0.5, 0.6) is 5.75 Å². The number of anilines is 1. The molecule has 0 fully saturated rings. The average molecular weight is 416 g/mol. The Morgan fingerprint density at radius 2 is 1.84 bits per heavy atom. The molecule has 7 nitrogen and oxygen atoms in total. The van der Waals surface area contributed by atoms with E-state index in [2.05, 4.69) is 26.1 Å². The molecule has 2 heterocycles. The second-order valence-electron chi connectivity index (χ2n) is 8.33. The number of ether oxygens (including phenoxy) is 1. The van der Waals surface area contributed by atoms with E-state index in [0.717, 1.165) is 11.4 Å². The van der Waals surface area contributed by atoms with Crippen molar-refractivity contribution in [1.29, 1.82) is 0 Å². The van der Waals surface area contributed by atoms with Crippen molar-refractivity contribution in [2.45, 2.75) is 32.9 Å². The van der Waals surface area contributed by atoms with Gasteiger partial charge in [-0.25, -0.2) is 4.98 Å². The maximum atomic E-state index is 11.3. The third-order valence-electron chi connectivity index (χ3n) is 4.68. The summed E-state index contributed by atoms with van der Waals surface area (Å²) in [7, 11) is 0. The first kappa shape index (κ1) is 20.4. The number of fused-ring (bicyclic) bond motifs is 1. The highest BCUT2D eigenvalue weighted by Crippen LogP contribution is 2.35. The van der Waals surface area contributed by atoms with Gasteiger partial charge in [-0.3, -0.25) is 14.5 Å². The maximum Gasteiger partial charge on any atom is 0.270 e. The van der Waals surface area contributed by atoms with Crippen molar-refractivity contribution < 1.29 is 9.66 Å². The molecule has 4 aromatic rings. The quantitative estimate of drug-likeness (QED) is 0.322. The number of nitrogens with one attached hydrogen (secondary N) is 1. The van der Waals surface area contributed by atoms with E-state index in [-0.39, 0.29) is 11.2 Å². The number of nitro benzene ring substituents is 1. The third-order valence-corrected chi connectivity index (χ3v) is 4.68. The summed E-state index contributed by atoms with van der Waals surface area (Å²) in [6.07, 6.45) is 1.91. The Hall–Kier alpha value is -3.87. The number of pyridine rings is 1. The smallest absolute Gasteiger partial charge is 0.270 e. The van der Waals surface area contributed by atoms with Crippen molar-refractivity contribution >= 4 is 17.2 Å². The second-order valence-corrected chi connectivity index (χ2v) is 8.33. The van der Waals surface area contributed by atoms with E-state index >= 15 is 0 Å². The second kappa shape index (κ2) is 8.10. The Morgan fingerprint density at radius 1 is 1.06 bits per heavy atom. The Bertz CT molecular complexity index is 1230. The molecule has 0 unspecified atom stereocenters. The molecule has 0 spiro atoms. The van der Waals surface area contributed by atoms with Crippen LogP contribution in [0, 0.1) is 10.1 Å². The van der Waals surface area contributed by atoms with Gasteiger partial charge >= 0.3 is 0 Å². The van der Waals surface area contributed by atoms with Crippen LogP contribution in [0.1, 0.15) is 26.3 Å². The Labute approximate surface area is 180 Å². The highest BCUT2D eigenvalue weighted by Gasteiger charge is 2.22. The topological polar surface area (TPSA) is 81.7 Å². The first-order valence-corrected chi connectivity index (χ1v) is 10.0. The summed E-state index contributed by atoms with van der Waals surface area (Å²) in [6, 6.07) is 20.2. The number of benzene rings is 2. The highest BCUT2D eigenvalue weighted by atomic mass is 16.6. The largest absolute Gasteiger partial charge is 0.485 e. The number of imidazole rings is 1. The molecule has 2 aromatic carbocycles. The van der Waals surface area contributed by atoms with Gasteiger partial charge in [-0.15, -0.1) is 0 Å². The van der Waals surface area contributed by atoms with Gasteiger partial charge in [0.15, 0.2) is 11.4 Å². The van der Waals surface area contributed by atoms with Crippen LogP contribution < -0.4 is 10.1 Å². The van der Waals surface area contributed by atoms with Crippen LogP contribution >= 0.6 is 0 Å². The lowest BCUT2D eigenvalue weighted by Crippen LogP contribution is -2.27. The van der Waals surface area contributed by atoms with E-state index in [9.17, 15) is 10.1 Å². The lowest BCUT2D eigenvalue weighted by atomic mass is 10.1. The highest BCUT2D eigenvalue weighted by molar-refractivity contribution is 5.79. The van der Waals surface area contributed by atoms with Crippen molar-refractivity contribution in [3.63, 3.8) is 0 Å². The molecule has 158 valence electrons. The van der Waals surface area contributed by atoms with Crippen LogP contribution in [-0.2, 0) is 6.61 Å². The van der Waals surface area contributed by atoms with Crippen LogP contribution in [0.4, 0.5) is 11.5 Å². The molecule has 0 saturated carbocycles. The van der Waals surface area contributed by atoms with Crippen LogP contribution in [0.3, 0.4) is 0 Å². The van der Waals surface area contributed by atoms with Crippen molar-refractivity contribution in [2.75, 3.05) is 5.32 Å². The first-order chi connectivity index (χ1) is 14.8. The summed E-state index contributed by atoms with van der Waals surface area (Å²) in [5.41, 5.74) is 2.78. The fraction of sp³-hybridized carbons (Fsp3) is 0.208. The van der Waals surface area contributed by atoms with Crippen molar-refractivity contribution in [2.24, 2.45) is 0 Å². The van der Waals surface area contributed by atoms with Gasteiger partial charge in [0.2, 0.25) is 0 Å². The summed E-state index contributed by atoms with van der Waals surface area (Å²) in [4.78, 5) is 15.7. The molecule has 7 heteroatoms. The van der Waals surface area contributed by atoms with Crippen molar-refractivity contribution in [1.82, 2.24) is 9.38 Å². The Morgan fingerprint density at radius 3 is 2.55 bits per heavy atom. The minimum absolute atomic E-state index is 0.0248. The number of aromatic nitrogens is 2. The van der Waals surface area contributed by atoms with Crippen LogP contribution in [0.15, 0.2) is 72.9 Å². The lowest BCUT2D eigenvalue weighted by Gasteiger charge is -2.22. The molecule has 0 aliphatic heterocycles. The molecule has 0 bridgehead atoms. The van der Waals surface area contributed by atoms with Crippen LogP contribution in [0.25, 0.3) is 16.9 Å². The Kier molecular flexibility index (Phi) is 5.33. The van der Waals surface area contributed by atoms with E-state index < -0.39 is 4.92 Å². The van der Waals surface area contributed by atoms with Crippen molar-refractivity contribution in [3.05, 3.63) is 88.6 Å². The molecule has 0 atom stereocenters. The monoisotopic (exact) mass is 416 g/mol. The standard InChI is InChI=1S/C24H24N4O3/c1-24(2,3)26-23-21(18-11-7-12-19(15-18)28(29)30)25-22-20(13-8-14-27(22)23)31-16-17-9-5-4-6-10-17/h4-15,26H,16H2,1-3H3. The number of nitrogens with zero attached hydrogens (tertiary/aromatic N) is 3. The number of nitro groups is 1. The summed E-state index contributed by atoms with van der Waals surface area (Å²) in [5, 5.41) is 14.8. The van der Waals surface area contributed by atoms with Gasteiger partial charge in [-0.05, 0) is 38.5 Å². The fourth-order valence-corrected chi connectivity index (χ4v) is 3.33. The Balaban J connectivity index is 1.82. The SMILES string of the molecule is CC(C)(C)Nc1c(-c2cccc([N+](=O)[O-])c2)nc2c(OCc3ccccc3)cccn12. The predicted molar refractivity (Wildman–Crippen MR) is 121 cm³/mol. The maximum absolute atomic E-state index is 11.3. The molecule has 31 heavy (non-hydrogen) atoms. The summed E-state index contributed by atoms with van der Waals surface area (Å²) >= 11 is 0. The van der Waals surface area contributed by atoms with Gasteiger partial charge in [0, 0.05) is 29.4 Å². The van der Waals surface area contributed by atoms with E-state index in [0.29, 0.717) is 29.3 Å². The normalized spacial score (nSPS) is 11.5. The average Bonchev–Trinajstić information content (AvgIpc) is 3.10. The minimum atomic E-state index is -0.398. The predicted octanol–water partition coefficient (Wildman–Crippen LogP) is 5.70.